The molecule has 0 aromatic heterocycles. The summed E-state index contributed by atoms with van der Waals surface area (Å²) in [6.45, 7) is 13.3. The van der Waals surface area contributed by atoms with Crippen molar-refractivity contribution in [3.05, 3.63) is 12.2 Å². The molecular formula is C10H21P. The first kappa shape index (κ1) is 11.2. The van der Waals surface area contributed by atoms with Crippen LogP contribution < -0.4 is 0 Å². The third-order valence-corrected chi connectivity index (χ3v) is 3.28. The van der Waals surface area contributed by atoms with Gasteiger partial charge in [0.2, 0.25) is 0 Å². The standard InChI is InChI=1S/C10H21P/c1-6-9(3)10(7-2)8-11(4)5/h10H,3,6-8H2,1-2,4-5H3. The van der Waals surface area contributed by atoms with E-state index in [1.54, 1.807) is 0 Å². The maximum atomic E-state index is 4.11. The summed E-state index contributed by atoms with van der Waals surface area (Å²) in [6.07, 6.45) is 3.80. The van der Waals surface area contributed by atoms with Crippen molar-refractivity contribution in [1.29, 1.82) is 0 Å². The highest BCUT2D eigenvalue weighted by Crippen LogP contribution is 2.32. The van der Waals surface area contributed by atoms with Crippen molar-refractivity contribution in [3.8, 4) is 0 Å². The zero-order chi connectivity index (χ0) is 8.85. The van der Waals surface area contributed by atoms with Crippen molar-refractivity contribution in [3.63, 3.8) is 0 Å². The van der Waals surface area contributed by atoms with Crippen LogP contribution in [-0.4, -0.2) is 19.5 Å². The van der Waals surface area contributed by atoms with Crippen molar-refractivity contribution in [2.45, 2.75) is 26.7 Å². The highest BCUT2D eigenvalue weighted by molar-refractivity contribution is 7.56. The van der Waals surface area contributed by atoms with Crippen LogP contribution >= 0.6 is 7.92 Å². The smallest absolute Gasteiger partial charge is 0.0169 e. The Hall–Kier alpha value is 0.170. The molecule has 0 radical (unpaired) electrons. The molecule has 0 aliphatic rings. The van der Waals surface area contributed by atoms with Gasteiger partial charge < -0.3 is 0 Å². The van der Waals surface area contributed by atoms with Gasteiger partial charge in [0.25, 0.3) is 0 Å². The van der Waals surface area contributed by atoms with E-state index in [0.29, 0.717) is 0 Å². The number of hydrogen-bond acceptors (Lipinski definition) is 0. The summed E-state index contributed by atoms with van der Waals surface area (Å²) in [5.74, 6) is 0.793. The van der Waals surface area contributed by atoms with E-state index in [1.807, 2.05) is 0 Å². The first-order valence-corrected chi connectivity index (χ1v) is 6.86. The molecule has 1 heteroatoms. The van der Waals surface area contributed by atoms with Crippen LogP contribution in [0.1, 0.15) is 26.7 Å². The highest BCUT2D eigenvalue weighted by Gasteiger charge is 2.09. The molecule has 0 saturated heterocycles. The largest absolute Gasteiger partial charge is 0.113 e. The monoisotopic (exact) mass is 172 g/mol. The Balaban J connectivity index is 3.84. The second-order valence-corrected chi connectivity index (χ2v) is 5.90. The van der Waals surface area contributed by atoms with Gasteiger partial charge in [0.15, 0.2) is 0 Å². The number of rotatable bonds is 5. The average Bonchev–Trinajstić information content (AvgIpc) is 1.98. The van der Waals surface area contributed by atoms with Crippen LogP contribution in [0.4, 0.5) is 0 Å². The summed E-state index contributed by atoms with van der Waals surface area (Å²) >= 11 is 0. The van der Waals surface area contributed by atoms with Gasteiger partial charge >= 0.3 is 0 Å². The minimum Gasteiger partial charge on any atom is -0.113 e. The summed E-state index contributed by atoms with van der Waals surface area (Å²) in [7, 11) is 0.255. The molecule has 0 aliphatic heterocycles. The van der Waals surface area contributed by atoms with Crippen molar-refractivity contribution < 1.29 is 0 Å². The minimum absolute atomic E-state index is 0.255. The second kappa shape index (κ2) is 5.77. The van der Waals surface area contributed by atoms with E-state index in [9.17, 15) is 0 Å². The Morgan fingerprint density at radius 1 is 1.36 bits per heavy atom. The maximum Gasteiger partial charge on any atom is -0.0169 e. The topological polar surface area (TPSA) is 0 Å². The van der Waals surface area contributed by atoms with Crippen molar-refractivity contribution in [2.75, 3.05) is 19.5 Å². The van der Waals surface area contributed by atoms with Crippen molar-refractivity contribution in [1.82, 2.24) is 0 Å². The van der Waals surface area contributed by atoms with E-state index in [1.165, 1.54) is 18.2 Å². The Morgan fingerprint density at radius 2 is 1.91 bits per heavy atom. The molecule has 0 nitrogen and oxygen atoms in total. The molecule has 11 heavy (non-hydrogen) atoms. The van der Waals surface area contributed by atoms with E-state index >= 15 is 0 Å². The van der Waals surface area contributed by atoms with Crippen LogP contribution in [-0.2, 0) is 0 Å². The lowest BCUT2D eigenvalue weighted by Crippen LogP contribution is -2.05. The average molecular weight is 172 g/mol. The van der Waals surface area contributed by atoms with E-state index in [0.717, 1.165) is 12.3 Å². The Morgan fingerprint density at radius 3 is 2.18 bits per heavy atom. The van der Waals surface area contributed by atoms with E-state index in [4.69, 9.17) is 0 Å². The molecule has 0 aromatic carbocycles. The first-order chi connectivity index (χ1) is 5.11. The van der Waals surface area contributed by atoms with Gasteiger partial charge in [-0.25, -0.2) is 0 Å². The quantitative estimate of drug-likeness (QED) is 0.438. The maximum absolute atomic E-state index is 4.11. The number of hydrogen-bond donors (Lipinski definition) is 0. The zero-order valence-electron chi connectivity index (χ0n) is 8.35. The van der Waals surface area contributed by atoms with Crippen LogP contribution in [0.5, 0.6) is 0 Å². The third-order valence-electron chi connectivity index (χ3n) is 2.11. The van der Waals surface area contributed by atoms with Crippen LogP contribution in [0.15, 0.2) is 12.2 Å². The van der Waals surface area contributed by atoms with Gasteiger partial charge in [-0.1, -0.05) is 26.0 Å². The second-order valence-electron chi connectivity index (χ2n) is 3.38. The molecule has 1 atom stereocenters. The van der Waals surface area contributed by atoms with Crippen molar-refractivity contribution in [2.24, 2.45) is 5.92 Å². The summed E-state index contributed by atoms with van der Waals surface area (Å²) in [4.78, 5) is 0. The van der Waals surface area contributed by atoms with Gasteiger partial charge in [0.1, 0.15) is 0 Å². The van der Waals surface area contributed by atoms with E-state index in [2.05, 4.69) is 33.8 Å². The fraction of sp³-hybridized carbons (Fsp3) is 0.800. The molecule has 0 fully saturated rings. The fourth-order valence-corrected chi connectivity index (χ4v) is 2.67. The van der Waals surface area contributed by atoms with Gasteiger partial charge in [-0.15, -0.1) is 7.92 Å². The predicted molar refractivity (Wildman–Crippen MR) is 56.8 cm³/mol. The molecule has 66 valence electrons. The van der Waals surface area contributed by atoms with Crippen LogP contribution in [0.25, 0.3) is 0 Å². The molecule has 0 spiro atoms. The molecule has 0 saturated carbocycles. The molecule has 0 N–H and O–H groups in total. The first-order valence-electron chi connectivity index (χ1n) is 4.44. The lowest BCUT2D eigenvalue weighted by molar-refractivity contribution is 0.643. The molecule has 0 aromatic rings. The van der Waals surface area contributed by atoms with Gasteiger partial charge in [0.05, 0.1) is 0 Å². The Kier molecular flexibility index (Phi) is 5.86. The third kappa shape index (κ3) is 4.58. The lowest BCUT2D eigenvalue weighted by atomic mass is 9.98. The van der Waals surface area contributed by atoms with Gasteiger partial charge in [-0.3, -0.25) is 0 Å². The number of allylic oxidation sites excluding steroid dienone is 1. The van der Waals surface area contributed by atoms with E-state index in [-0.39, 0.29) is 7.92 Å². The SMILES string of the molecule is C=C(CC)C(CC)CP(C)C. The van der Waals surface area contributed by atoms with E-state index < -0.39 is 0 Å². The predicted octanol–water partition coefficient (Wildman–Crippen LogP) is 3.72. The molecule has 1 unspecified atom stereocenters. The van der Waals surface area contributed by atoms with Crippen LogP contribution in [0.2, 0.25) is 0 Å². The van der Waals surface area contributed by atoms with Gasteiger partial charge in [-0.2, -0.15) is 0 Å². The molecule has 0 aliphatic carbocycles. The Bertz CT molecular complexity index is 116. The molecule has 0 bridgehead atoms. The highest BCUT2D eigenvalue weighted by atomic mass is 31.1. The Labute approximate surface area is 72.8 Å². The summed E-state index contributed by atoms with van der Waals surface area (Å²) in [5.41, 5.74) is 1.45. The summed E-state index contributed by atoms with van der Waals surface area (Å²) in [6, 6.07) is 0. The van der Waals surface area contributed by atoms with Crippen molar-refractivity contribution >= 4 is 7.92 Å². The molecule has 0 rings (SSSR count). The van der Waals surface area contributed by atoms with Gasteiger partial charge in [0, 0.05) is 0 Å². The minimum atomic E-state index is 0.255. The normalized spacial score (nSPS) is 13.5. The van der Waals surface area contributed by atoms with Crippen LogP contribution in [0, 0.1) is 5.92 Å². The summed E-state index contributed by atoms with van der Waals surface area (Å²) in [5, 5.41) is 0. The van der Waals surface area contributed by atoms with Crippen LogP contribution in [0.3, 0.4) is 0 Å². The zero-order valence-corrected chi connectivity index (χ0v) is 9.25. The molecule has 0 heterocycles. The summed E-state index contributed by atoms with van der Waals surface area (Å²) < 4.78 is 0. The molecule has 0 amide bonds. The lowest BCUT2D eigenvalue weighted by Gasteiger charge is -2.18. The fourth-order valence-electron chi connectivity index (χ4n) is 1.28. The molecular weight excluding hydrogens is 151 g/mol. The van der Waals surface area contributed by atoms with Gasteiger partial charge in [-0.05, 0) is 38.3 Å².